The molecule has 16 heavy (non-hydrogen) atoms. The Labute approximate surface area is 93.6 Å². The van der Waals surface area contributed by atoms with Crippen LogP contribution >= 0.6 is 0 Å². The van der Waals surface area contributed by atoms with Gasteiger partial charge in [0.1, 0.15) is 0 Å². The highest BCUT2D eigenvalue weighted by atomic mass is 16.1. The topological polar surface area (TPSA) is 30.0 Å². The summed E-state index contributed by atoms with van der Waals surface area (Å²) in [5, 5.41) is 2.30. The van der Waals surface area contributed by atoms with E-state index >= 15 is 0 Å². The largest absolute Gasteiger partial charge is 0.295 e. The van der Waals surface area contributed by atoms with Gasteiger partial charge in [0, 0.05) is 29.8 Å². The van der Waals surface area contributed by atoms with Gasteiger partial charge in [0.25, 0.3) is 0 Å². The Bertz CT molecular complexity index is 593. The van der Waals surface area contributed by atoms with Gasteiger partial charge in [-0.3, -0.25) is 9.78 Å². The molecule has 0 unspecified atom stereocenters. The molecule has 0 fully saturated rings. The Morgan fingerprint density at radius 1 is 1.06 bits per heavy atom. The van der Waals surface area contributed by atoms with Gasteiger partial charge >= 0.3 is 0 Å². The fraction of sp³-hybridized carbons (Fsp3) is 0.143. The minimum atomic E-state index is 0.225. The highest BCUT2D eigenvalue weighted by molar-refractivity contribution is 6.05. The molecule has 0 saturated heterocycles. The molecular weight excluding hydrogens is 198 g/mol. The average Bonchev–Trinajstić information content (AvgIpc) is 2.75. The van der Waals surface area contributed by atoms with Crippen LogP contribution in [0.2, 0.25) is 0 Å². The Kier molecular flexibility index (Phi) is 2.07. The minimum absolute atomic E-state index is 0.225. The number of ketones is 1. The summed E-state index contributed by atoms with van der Waals surface area (Å²) in [6.07, 6.45) is 6.94. The monoisotopic (exact) mass is 209 g/mol. The number of allylic oxidation sites excluding steroid dienone is 2. The predicted octanol–water partition coefficient (Wildman–Crippen LogP) is 2.98. The molecule has 2 aromatic rings. The van der Waals surface area contributed by atoms with Gasteiger partial charge in [-0.2, -0.15) is 0 Å². The molecule has 0 bridgehead atoms. The highest BCUT2D eigenvalue weighted by Crippen LogP contribution is 2.30. The molecule has 1 aliphatic rings. The highest BCUT2D eigenvalue weighted by Gasteiger charge is 2.15. The number of carbonyl (C=O) groups is 1. The summed E-state index contributed by atoms with van der Waals surface area (Å²) in [6, 6.07) is 8.14. The zero-order valence-electron chi connectivity index (χ0n) is 8.81. The molecule has 2 heteroatoms. The fourth-order valence-electron chi connectivity index (χ4n) is 2.18. The van der Waals surface area contributed by atoms with E-state index in [-0.39, 0.29) is 5.78 Å². The molecule has 0 atom stereocenters. The summed E-state index contributed by atoms with van der Waals surface area (Å²) in [5.74, 6) is 0.225. The molecule has 78 valence electrons. The first-order chi connectivity index (χ1) is 7.84. The van der Waals surface area contributed by atoms with E-state index < -0.39 is 0 Å². The summed E-state index contributed by atoms with van der Waals surface area (Å²) in [7, 11) is 0. The van der Waals surface area contributed by atoms with E-state index in [0.717, 1.165) is 22.9 Å². The van der Waals surface area contributed by atoms with Crippen molar-refractivity contribution in [1.82, 2.24) is 4.98 Å². The number of nitrogens with zero attached hydrogens (tertiary/aromatic N) is 1. The predicted molar refractivity (Wildman–Crippen MR) is 64.0 cm³/mol. The number of carbonyl (C=O) groups excluding carboxylic acids is 1. The molecule has 3 rings (SSSR count). The van der Waals surface area contributed by atoms with Crippen LogP contribution in [0.25, 0.3) is 16.3 Å². The van der Waals surface area contributed by atoms with Gasteiger partial charge in [0.05, 0.1) is 0 Å². The summed E-state index contributed by atoms with van der Waals surface area (Å²) < 4.78 is 0. The first kappa shape index (κ1) is 9.28. The van der Waals surface area contributed by atoms with E-state index in [9.17, 15) is 4.79 Å². The standard InChI is InChI=1S/C14H11NO/c16-12-6-5-10(7-12)14-9-15-8-11-3-1-2-4-13(11)14/h1-4,7-9H,5-6H2. The maximum atomic E-state index is 11.3. The van der Waals surface area contributed by atoms with Gasteiger partial charge in [0.2, 0.25) is 0 Å². The fourth-order valence-corrected chi connectivity index (χ4v) is 2.18. The molecule has 1 aromatic carbocycles. The van der Waals surface area contributed by atoms with E-state index in [2.05, 4.69) is 11.1 Å². The quantitative estimate of drug-likeness (QED) is 0.722. The first-order valence-corrected chi connectivity index (χ1v) is 5.41. The lowest BCUT2D eigenvalue weighted by Crippen LogP contribution is -1.86. The van der Waals surface area contributed by atoms with Gasteiger partial charge in [-0.15, -0.1) is 0 Å². The second-order valence-electron chi connectivity index (χ2n) is 4.04. The number of benzene rings is 1. The van der Waals surface area contributed by atoms with Crippen molar-refractivity contribution in [1.29, 1.82) is 0 Å². The van der Waals surface area contributed by atoms with E-state index in [0.29, 0.717) is 6.42 Å². The van der Waals surface area contributed by atoms with Gasteiger partial charge in [0.15, 0.2) is 5.78 Å². The average molecular weight is 209 g/mol. The molecule has 1 aliphatic carbocycles. The molecule has 0 amide bonds. The summed E-state index contributed by atoms with van der Waals surface area (Å²) in [4.78, 5) is 15.5. The smallest absolute Gasteiger partial charge is 0.156 e. The van der Waals surface area contributed by atoms with Crippen LogP contribution in [0, 0.1) is 0 Å². The van der Waals surface area contributed by atoms with E-state index in [1.807, 2.05) is 30.6 Å². The van der Waals surface area contributed by atoms with E-state index in [1.54, 1.807) is 6.08 Å². The minimum Gasteiger partial charge on any atom is -0.295 e. The molecule has 0 radical (unpaired) electrons. The Hall–Kier alpha value is -1.96. The van der Waals surface area contributed by atoms with Gasteiger partial charge in [-0.25, -0.2) is 0 Å². The number of rotatable bonds is 1. The van der Waals surface area contributed by atoms with Crippen molar-refractivity contribution in [2.24, 2.45) is 0 Å². The van der Waals surface area contributed by atoms with Gasteiger partial charge in [-0.1, -0.05) is 24.3 Å². The summed E-state index contributed by atoms with van der Waals surface area (Å²) in [5.41, 5.74) is 2.22. The van der Waals surface area contributed by atoms with Gasteiger partial charge in [-0.05, 0) is 23.5 Å². The van der Waals surface area contributed by atoms with Crippen LogP contribution < -0.4 is 0 Å². The third kappa shape index (κ3) is 1.43. The normalized spacial score (nSPS) is 15.5. The van der Waals surface area contributed by atoms with E-state index in [4.69, 9.17) is 0 Å². The Balaban J connectivity index is 2.24. The SMILES string of the molecule is O=C1C=C(c2cncc3ccccc23)CC1. The Morgan fingerprint density at radius 2 is 1.94 bits per heavy atom. The van der Waals surface area contributed by atoms with Crippen molar-refractivity contribution in [2.45, 2.75) is 12.8 Å². The lowest BCUT2D eigenvalue weighted by Gasteiger charge is -2.05. The molecule has 0 N–H and O–H groups in total. The second kappa shape index (κ2) is 3.56. The van der Waals surface area contributed by atoms with Crippen molar-refractivity contribution in [3.63, 3.8) is 0 Å². The number of hydrogen-bond donors (Lipinski definition) is 0. The lowest BCUT2D eigenvalue weighted by atomic mass is 10.0. The number of aromatic nitrogens is 1. The number of fused-ring (bicyclic) bond motifs is 1. The third-order valence-corrected chi connectivity index (χ3v) is 2.99. The van der Waals surface area contributed by atoms with Crippen LogP contribution in [-0.2, 0) is 4.79 Å². The zero-order valence-corrected chi connectivity index (χ0v) is 8.81. The molecular formula is C14H11NO. The van der Waals surface area contributed by atoms with Crippen molar-refractivity contribution in [2.75, 3.05) is 0 Å². The molecule has 0 aliphatic heterocycles. The van der Waals surface area contributed by atoms with Crippen LogP contribution in [-0.4, -0.2) is 10.8 Å². The van der Waals surface area contributed by atoms with E-state index in [1.165, 1.54) is 5.39 Å². The summed E-state index contributed by atoms with van der Waals surface area (Å²) >= 11 is 0. The first-order valence-electron chi connectivity index (χ1n) is 5.41. The lowest BCUT2D eigenvalue weighted by molar-refractivity contribution is -0.114. The summed E-state index contributed by atoms with van der Waals surface area (Å²) in [6.45, 7) is 0. The van der Waals surface area contributed by atoms with Crippen molar-refractivity contribution in [3.05, 3.63) is 48.3 Å². The van der Waals surface area contributed by atoms with Crippen LogP contribution in [0.15, 0.2) is 42.7 Å². The number of hydrogen-bond acceptors (Lipinski definition) is 2. The second-order valence-corrected chi connectivity index (χ2v) is 4.04. The van der Waals surface area contributed by atoms with Gasteiger partial charge < -0.3 is 0 Å². The van der Waals surface area contributed by atoms with Crippen molar-refractivity contribution < 1.29 is 4.79 Å². The van der Waals surface area contributed by atoms with Crippen molar-refractivity contribution in [3.8, 4) is 0 Å². The Morgan fingerprint density at radius 3 is 2.75 bits per heavy atom. The maximum Gasteiger partial charge on any atom is 0.156 e. The van der Waals surface area contributed by atoms with Crippen LogP contribution in [0.3, 0.4) is 0 Å². The molecule has 1 aromatic heterocycles. The molecule has 2 nitrogen and oxygen atoms in total. The number of pyridine rings is 1. The van der Waals surface area contributed by atoms with Crippen LogP contribution in [0.1, 0.15) is 18.4 Å². The zero-order chi connectivity index (χ0) is 11.0. The van der Waals surface area contributed by atoms with Crippen LogP contribution in [0.5, 0.6) is 0 Å². The molecule has 0 saturated carbocycles. The molecule has 0 spiro atoms. The maximum absolute atomic E-state index is 11.3. The third-order valence-electron chi connectivity index (χ3n) is 2.99. The van der Waals surface area contributed by atoms with Crippen LogP contribution in [0.4, 0.5) is 0 Å². The molecule has 1 heterocycles. The van der Waals surface area contributed by atoms with Crippen molar-refractivity contribution >= 4 is 22.1 Å².